The molecule has 0 aromatic rings. The quantitative estimate of drug-likeness (QED) is 0.676. The molecule has 2 heterocycles. The predicted molar refractivity (Wildman–Crippen MR) is 64.1 cm³/mol. The van der Waals surface area contributed by atoms with Crippen molar-refractivity contribution in [1.29, 1.82) is 0 Å². The highest BCUT2D eigenvalue weighted by atomic mass is 16.7. The summed E-state index contributed by atoms with van der Waals surface area (Å²) in [6, 6.07) is 0. The number of hydrogen-bond acceptors (Lipinski definition) is 3. The second-order valence-electron chi connectivity index (χ2n) is 3.60. The third kappa shape index (κ3) is 5.50. The molecule has 0 aromatic carbocycles. The van der Waals surface area contributed by atoms with Gasteiger partial charge in [-0.2, -0.15) is 0 Å². The van der Waals surface area contributed by atoms with Gasteiger partial charge in [-0.25, -0.2) is 0 Å². The van der Waals surface area contributed by atoms with Gasteiger partial charge in [0.2, 0.25) is 0 Å². The lowest BCUT2D eigenvalue weighted by molar-refractivity contribution is -0.166. The highest BCUT2D eigenvalue weighted by Crippen LogP contribution is 2.25. The maximum atomic E-state index is 5.50. The molecule has 0 aliphatic carbocycles. The van der Waals surface area contributed by atoms with Crippen LogP contribution in [0.25, 0.3) is 0 Å². The first-order valence-electron chi connectivity index (χ1n) is 6.31. The highest BCUT2D eigenvalue weighted by Gasteiger charge is 2.37. The number of ether oxygens (including phenoxy) is 2. The molecule has 2 saturated heterocycles. The monoisotopic (exact) mass is 217 g/mol. The van der Waals surface area contributed by atoms with Crippen LogP contribution in [0.4, 0.5) is 0 Å². The lowest BCUT2D eigenvalue weighted by Crippen LogP contribution is -2.46. The van der Waals surface area contributed by atoms with Gasteiger partial charge in [-0.1, -0.05) is 34.1 Å². The fourth-order valence-corrected chi connectivity index (χ4v) is 1.59. The maximum absolute atomic E-state index is 5.50. The van der Waals surface area contributed by atoms with Crippen LogP contribution in [-0.2, 0) is 9.47 Å². The van der Waals surface area contributed by atoms with Crippen LogP contribution >= 0.6 is 0 Å². The molecule has 0 saturated carbocycles. The summed E-state index contributed by atoms with van der Waals surface area (Å²) in [4.78, 5) is 0. The average Bonchev–Trinajstić information content (AvgIpc) is 2.72. The first-order chi connectivity index (χ1) is 7.33. The van der Waals surface area contributed by atoms with E-state index in [9.17, 15) is 0 Å². The van der Waals surface area contributed by atoms with Crippen molar-refractivity contribution in [2.24, 2.45) is 0 Å². The van der Waals surface area contributed by atoms with Gasteiger partial charge in [0.05, 0.1) is 13.2 Å². The third-order valence-electron chi connectivity index (χ3n) is 2.12. The van der Waals surface area contributed by atoms with Gasteiger partial charge in [-0.05, 0) is 13.0 Å². The summed E-state index contributed by atoms with van der Waals surface area (Å²) < 4.78 is 11.0. The molecule has 2 aliphatic rings. The second kappa shape index (κ2) is 9.13. The maximum Gasteiger partial charge on any atom is 0.180 e. The van der Waals surface area contributed by atoms with Gasteiger partial charge in [-0.3, -0.25) is 0 Å². The largest absolute Gasteiger partial charge is 0.346 e. The summed E-state index contributed by atoms with van der Waals surface area (Å²) in [6.45, 7) is 11.8. The first-order valence-corrected chi connectivity index (χ1v) is 6.31. The van der Waals surface area contributed by atoms with Crippen LogP contribution in [0.3, 0.4) is 0 Å². The van der Waals surface area contributed by atoms with E-state index in [-0.39, 0.29) is 5.79 Å². The van der Waals surface area contributed by atoms with Crippen molar-refractivity contribution in [1.82, 2.24) is 5.32 Å². The van der Waals surface area contributed by atoms with Gasteiger partial charge in [0.1, 0.15) is 0 Å². The van der Waals surface area contributed by atoms with Crippen LogP contribution in [-0.4, -0.2) is 32.1 Å². The Morgan fingerprint density at radius 3 is 2.07 bits per heavy atom. The van der Waals surface area contributed by atoms with Crippen molar-refractivity contribution in [3.05, 3.63) is 0 Å². The molecule has 0 bridgehead atoms. The van der Waals surface area contributed by atoms with Gasteiger partial charge in [0, 0.05) is 13.0 Å². The van der Waals surface area contributed by atoms with Gasteiger partial charge >= 0.3 is 0 Å². The van der Waals surface area contributed by atoms with E-state index in [1.165, 1.54) is 12.8 Å². The Kier molecular flexibility index (Phi) is 9.06. The average molecular weight is 217 g/mol. The number of hydrogen-bond donors (Lipinski definition) is 1. The van der Waals surface area contributed by atoms with Crippen LogP contribution < -0.4 is 5.32 Å². The fourth-order valence-electron chi connectivity index (χ4n) is 1.59. The van der Waals surface area contributed by atoms with E-state index in [0.717, 1.165) is 32.7 Å². The highest BCUT2D eigenvalue weighted by molar-refractivity contribution is 4.80. The molecule has 0 aromatic heterocycles. The molecular formula is C12H27NO2. The van der Waals surface area contributed by atoms with E-state index in [2.05, 4.69) is 19.2 Å². The predicted octanol–water partition coefficient (Wildman–Crippen LogP) is 2.56. The van der Waals surface area contributed by atoms with E-state index in [0.29, 0.717) is 0 Å². The minimum Gasteiger partial charge on any atom is -0.346 e. The Morgan fingerprint density at radius 2 is 1.67 bits per heavy atom. The molecule has 2 rings (SSSR count). The molecule has 1 spiro atoms. The molecule has 3 nitrogen and oxygen atoms in total. The van der Waals surface area contributed by atoms with Crippen molar-refractivity contribution in [3.63, 3.8) is 0 Å². The lowest BCUT2D eigenvalue weighted by atomic mass is 10.1. The zero-order chi connectivity index (χ0) is 11.6. The molecule has 0 amide bonds. The molecule has 1 N–H and O–H groups in total. The van der Waals surface area contributed by atoms with Crippen molar-refractivity contribution in [2.45, 2.75) is 52.7 Å². The normalized spacial score (nSPS) is 22.4. The van der Waals surface area contributed by atoms with Crippen molar-refractivity contribution < 1.29 is 9.47 Å². The molecule has 3 heteroatoms. The Labute approximate surface area is 94.5 Å². The standard InChI is InChI=1S/C7H13NO2.C3H8.C2H6/c1-2-7(6-8-3-1)9-4-5-10-7;1-3-2;1-2/h8H,1-6H2;3H2,1-2H3;1-2H3. The van der Waals surface area contributed by atoms with Crippen LogP contribution in [0.5, 0.6) is 0 Å². The zero-order valence-corrected chi connectivity index (χ0v) is 10.8. The summed E-state index contributed by atoms with van der Waals surface area (Å²) in [5, 5.41) is 3.27. The lowest BCUT2D eigenvalue weighted by Gasteiger charge is -2.31. The molecule has 15 heavy (non-hydrogen) atoms. The molecule has 2 fully saturated rings. The second-order valence-corrected chi connectivity index (χ2v) is 3.60. The summed E-state index contributed by atoms with van der Waals surface area (Å²) >= 11 is 0. The Hall–Kier alpha value is -0.120. The molecule has 0 unspecified atom stereocenters. The van der Waals surface area contributed by atoms with Gasteiger partial charge in [-0.15, -0.1) is 0 Å². The summed E-state index contributed by atoms with van der Waals surface area (Å²) in [6.07, 6.45) is 3.47. The number of nitrogens with one attached hydrogen (secondary N) is 1. The Balaban J connectivity index is 0.000000342. The van der Waals surface area contributed by atoms with Crippen molar-refractivity contribution in [3.8, 4) is 0 Å². The molecule has 2 aliphatic heterocycles. The summed E-state index contributed by atoms with van der Waals surface area (Å²) in [7, 11) is 0. The minimum absolute atomic E-state index is 0.238. The number of piperidine rings is 1. The van der Waals surface area contributed by atoms with Crippen molar-refractivity contribution >= 4 is 0 Å². The van der Waals surface area contributed by atoms with E-state index in [1.807, 2.05) is 13.8 Å². The Bertz CT molecular complexity index is 126. The summed E-state index contributed by atoms with van der Waals surface area (Å²) in [5.74, 6) is -0.238. The van der Waals surface area contributed by atoms with Crippen LogP contribution in [0.1, 0.15) is 47.0 Å². The zero-order valence-electron chi connectivity index (χ0n) is 10.8. The van der Waals surface area contributed by atoms with E-state index >= 15 is 0 Å². The molecule has 0 radical (unpaired) electrons. The van der Waals surface area contributed by atoms with Crippen LogP contribution in [0.15, 0.2) is 0 Å². The van der Waals surface area contributed by atoms with E-state index in [4.69, 9.17) is 9.47 Å². The third-order valence-corrected chi connectivity index (χ3v) is 2.12. The summed E-state index contributed by atoms with van der Waals surface area (Å²) in [5.41, 5.74) is 0. The first kappa shape index (κ1) is 14.9. The number of rotatable bonds is 0. The van der Waals surface area contributed by atoms with Crippen LogP contribution in [0, 0.1) is 0 Å². The van der Waals surface area contributed by atoms with Gasteiger partial charge in [0.15, 0.2) is 5.79 Å². The van der Waals surface area contributed by atoms with E-state index in [1.54, 1.807) is 0 Å². The van der Waals surface area contributed by atoms with Crippen LogP contribution in [0.2, 0.25) is 0 Å². The Morgan fingerprint density at radius 1 is 1.13 bits per heavy atom. The van der Waals surface area contributed by atoms with E-state index < -0.39 is 0 Å². The molecule has 92 valence electrons. The molecule has 0 atom stereocenters. The molecular weight excluding hydrogens is 190 g/mol. The smallest absolute Gasteiger partial charge is 0.180 e. The topological polar surface area (TPSA) is 30.5 Å². The fraction of sp³-hybridized carbons (Fsp3) is 1.00. The van der Waals surface area contributed by atoms with Crippen molar-refractivity contribution in [2.75, 3.05) is 26.3 Å². The minimum atomic E-state index is -0.238. The SMILES string of the molecule is C1CNCC2(C1)OCCO2.CC.CCC. The van der Waals surface area contributed by atoms with Gasteiger partial charge < -0.3 is 14.8 Å². The van der Waals surface area contributed by atoms with Gasteiger partial charge in [0.25, 0.3) is 0 Å².